The highest BCUT2D eigenvalue weighted by Crippen LogP contribution is 2.42. The number of hydrogen-bond donors (Lipinski definition) is 2. The van der Waals surface area contributed by atoms with Crippen molar-refractivity contribution in [2.24, 2.45) is 10.8 Å². The lowest BCUT2D eigenvalue weighted by molar-refractivity contribution is 0.177. The van der Waals surface area contributed by atoms with Crippen LogP contribution in [-0.4, -0.2) is 25.1 Å². The summed E-state index contributed by atoms with van der Waals surface area (Å²) in [5.74, 6) is 2.48. The van der Waals surface area contributed by atoms with E-state index in [0.717, 1.165) is 24.4 Å². The van der Waals surface area contributed by atoms with Crippen molar-refractivity contribution in [3.8, 4) is 11.5 Å². The zero-order chi connectivity index (χ0) is 25.5. The number of nitrogens with zero attached hydrogens (tertiary/aromatic N) is 4. The minimum absolute atomic E-state index is 0.273. The molecule has 0 saturated heterocycles. The molecule has 1 saturated carbocycles. The van der Waals surface area contributed by atoms with Crippen LogP contribution in [0, 0.1) is 10.8 Å². The van der Waals surface area contributed by atoms with Crippen LogP contribution < -0.4 is 5.73 Å². The summed E-state index contributed by atoms with van der Waals surface area (Å²) in [7, 11) is 0. The fourth-order valence-electron chi connectivity index (χ4n) is 5.46. The summed E-state index contributed by atoms with van der Waals surface area (Å²) < 4.78 is 0. The Bertz CT molecular complexity index is 918. The smallest absolute Gasteiger partial charge is 0.203 e. The first kappa shape index (κ1) is 27.6. The molecule has 2 heterocycles. The summed E-state index contributed by atoms with van der Waals surface area (Å²) in [4.78, 5) is 14.2. The fourth-order valence-corrected chi connectivity index (χ4v) is 5.46. The second kappa shape index (κ2) is 12.3. The van der Waals surface area contributed by atoms with E-state index in [-0.39, 0.29) is 5.92 Å². The van der Waals surface area contributed by atoms with Crippen molar-refractivity contribution in [1.29, 1.82) is 0 Å². The maximum Gasteiger partial charge on any atom is 0.203 e. The zero-order valence-corrected chi connectivity index (χ0v) is 23.3. The highest BCUT2D eigenvalue weighted by molar-refractivity contribution is 5.63. The van der Waals surface area contributed by atoms with Gasteiger partial charge in [-0.1, -0.05) is 80.1 Å². The fraction of sp³-hybridized carbons (Fsp3) is 0.793. The molecule has 0 radical (unpaired) electrons. The van der Waals surface area contributed by atoms with Crippen LogP contribution in [-0.2, 0) is 0 Å². The van der Waals surface area contributed by atoms with Gasteiger partial charge in [0.2, 0.25) is 5.82 Å². The van der Waals surface area contributed by atoms with Crippen molar-refractivity contribution in [2.45, 2.75) is 137 Å². The van der Waals surface area contributed by atoms with E-state index in [0.29, 0.717) is 34.1 Å². The average Bonchev–Trinajstić information content (AvgIpc) is 3.31. The minimum Gasteiger partial charge on any atom is -0.382 e. The van der Waals surface area contributed by atoms with Gasteiger partial charge in [0, 0.05) is 11.8 Å². The Labute approximate surface area is 213 Å². The highest BCUT2D eigenvalue weighted by Gasteiger charge is 2.29. The quantitative estimate of drug-likeness (QED) is 0.433. The van der Waals surface area contributed by atoms with E-state index < -0.39 is 0 Å². The van der Waals surface area contributed by atoms with E-state index in [4.69, 9.17) is 10.7 Å². The molecule has 3 rings (SSSR count). The van der Waals surface area contributed by atoms with Crippen molar-refractivity contribution in [2.75, 3.05) is 5.73 Å². The van der Waals surface area contributed by atoms with Gasteiger partial charge in [-0.25, -0.2) is 15.0 Å². The van der Waals surface area contributed by atoms with Crippen molar-refractivity contribution in [3.63, 3.8) is 0 Å². The van der Waals surface area contributed by atoms with Crippen LogP contribution >= 0.6 is 0 Å². The van der Waals surface area contributed by atoms with Gasteiger partial charge in [-0.3, -0.25) is 5.10 Å². The van der Waals surface area contributed by atoms with Gasteiger partial charge in [0.25, 0.3) is 0 Å². The van der Waals surface area contributed by atoms with Crippen molar-refractivity contribution in [1.82, 2.24) is 25.1 Å². The minimum atomic E-state index is 0.273. The molecule has 2 aromatic heterocycles. The number of nitrogens with one attached hydrogen (secondary N) is 1. The van der Waals surface area contributed by atoms with Gasteiger partial charge in [-0.05, 0) is 55.8 Å². The van der Waals surface area contributed by atoms with Crippen LogP contribution in [0.3, 0.4) is 0 Å². The summed E-state index contributed by atoms with van der Waals surface area (Å²) in [5.41, 5.74) is 8.72. The Balaban J connectivity index is 1.78. The number of nitrogen functional groups attached to an aromatic ring is 1. The number of rotatable bonds is 6. The molecular formula is C29H50N6. The summed E-state index contributed by atoms with van der Waals surface area (Å²) in [6.45, 7) is 14.0. The molecule has 1 aliphatic carbocycles. The third-order valence-electron chi connectivity index (χ3n) is 8.29. The van der Waals surface area contributed by atoms with Crippen LogP contribution in [0.5, 0.6) is 0 Å². The summed E-state index contributed by atoms with van der Waals surface area (Å²) in [5, 5.41) is 7.42. The monoisotopic (exact) mass is 482 g/mol. The van der Waals surface area contributed by atoms with Crippen molar-refractivity contribution < 1.29 is 0 Å². The summed E-state index contributed by atoms with van der Waals surface area (Å²) in [6, 6.07) is 0. The van der Waals surface area contributed by atoms with E-state index in [2.05, 4.69) is 61.7 Å². The third kappa shape index (κ3) is 8.01. The lowest BCUT2D eigenvalue weighted by atomic mass is 9.71. The van der Waals surface area contributed by atoms with Crippen LogP contribution in [0.2, 0.25) is 0 Å². The number of aromatic amines is 1. The Hall–Kier alpha value is -1.98. The Morgan fingerprint density at radius 2 is 1.77 bits per heavy atom. The maximum atomic E-state index is 6.23. The second-order valence-corrected chi connectivity index (χ2v) is 12.5. The molecule has 2 aromatic rings. The molecule has 0 aromatic carbocycles. The standard InChI is InChI=1S/C29H50N6/c1-7-8-15-29(6)16-12-10-9-11-13-22(14-17-28(4,5)18-19-29)23-20-31-25(30)24(32-23)27-33-26(21(2)3)34-35-27/h20-22H,7-19H2,1-6H3,(H2,30,31)(H,33,34,35). The van der Waals surface area contributed by atoms with Gasteiger partial charge in [0.1, 0.15) is 5.82 Å². The van der Waals surface area contributed by atoms with Crippen LogP contribution in [0.4, 0.5) is 5.82 Å². The van der Waals surface area contributed by atoms with Crippen LogP contribution in [0.25, 0.3) is 11.5 Å². The second-order valence-electron chi connectivity index (χ2n) is 12.5. The molecular weight excluding hydrogens is 432 g/mol. The highest BCUT2D eigenvalue weighted by atomic mass is 15.2. The first-order valence-corrected chi connectivity index (χ1v) is 14.2. The molecule has 6 nitrogen and oxygen atoms in total. The lowest BCUT2D eigenvalue weighted by Crippen LogP contribution is -2.22. The van der Waals surface area contributed by atoms with E-state index in [9.17, 15) is 0 Å². The Morgan fingerprint density at radius 3 is 2.49 bits per heavy atom. The predicted molar refractivity (Wildman–Crippen MR) is 146 cm³/mol. The largest absolute Gasteiger partial charge is 0.382 e. The number of aromatic nitrogens is 5. The SMILES string of the molecule is CCCCC1(C)CCCCCCC(c2cnc(N)c(-c3n[nH]c(C(C)C)n3)n2)CCC(C)(C)CC1. The number of unbranched alkanes of at least 4 members (excludes halogenated alkanes) is 1. The Morgan fingerprint density at radius 1 is 1.00 bits per heavy atom. The summed E-state index contributed by atoms with van der Waals surface area (Å²) >= 11 is 0. The van der Waals surface area contributed by atoms with Gasteiger partial charge < -0.3 is 5.73 Å². The third-order valence-corrected chi connectivity index (χ3v) is 8.29. The van der Waals surface area contributed by atoms with Crippen molar-refractivity contribution >= 4 is 5.82 Å². The van der Waals surface area contributed by atoms with Gasteiger partial charge in [-0.15, -0.1) is 0 Å². The molecule has 196 valence electrons. The van der Waals surface area contributed by atoms with E-state index in [1.54, 1.807) is 0 Å². The molecule has 0 bridgehead atoms. The van der Waals surface area contributed by atoms with Crippen LogP contribution in [0.15, 0.2) is 6.20 Å². The van der Waals surface area contributed by atoms with Gasteiger partial charge >= 0.3 is 0 Å². The Kier molecular flexibility index (Phi) is 9.71. The molecule has 2 atom stereocenters. The predicted octanol–water partition coefficient (Wildman–Crippen LogP) is 8.19. The first-order chi connectivity index (χ1) is 16.6. The molecule has 2 unspecified atom stereocenters. The topological polar surface area (TPSA) is 93.4 Å². The van der Waals surface area contributed by atoms with Gasteiger partial charge in [0.15, 0.2) is 11.5 Å². The van der Waals surface area contributed by atoms with Gasteiger partial charge in [0.05, 0.1) is 11.9 Å². The molecule has 1 fully saturated rings. The molecule has 0 amide bonds. The molecule has 1 aliphatic rings. The normalized spacial score (nSPS) is 24.5. The molecule has 3 N–H and O–H groups in total. The average molecular weight is 483 g/mol. The maximum absolute atomic E-state index is 6.23. The van der Waals surface area contributed by atoms with Gasteiger partial charge in [-0.2, -0.15) is 5.10 Å². The van der Waals surface area contributed by atoms with Crippen molar-refractivity contribution in [3.05, 3.63) is 17.7 Å². The first-order valence-electron chi connectivity index (χ1n) is 14.2. The number of H-pyrrole nitrogens is 1. The molecule has 0 aliphatic heterocycles. The van der Waals surface area contributed by atoms with E-state index >= 15 is 0 Å². The van der Waals surface area contributed by atoms with Crippen LogP contribution in [0.1, 0.15) is 148 Å². The molecule has 0 spiro atoms. The number of anilines is 1. The number of nitrogens with two attached hydrogens (primary N) is 1. The zero-order valence-electron chi connectivity index (χ0n) is 23.3. The molecule has 6 heteroatoms. The number of hydrogen-bond acceptors (Lipinski definition) is 5. The van der Waals surface area contributed by atoms with E-state index in [1.807, 2.05) is 6.20 Å². The molecule has 35 heavy (non-hydrogen) atoms. The van der Waals surface area contributed by atoms with E-state index in [1.165, 1.54) is 70.6 Å². The summed E-state index contributed by atoms with van der Waals surface area (Å²) in [6.07, 6.45) is 18.7. The lowest BCUT2D eigenvalue weighted by Gasteiger charge is -2.35.